The van der Waals surface area contributed by atoms with Crippen molar-refractivity contribution < 1.29 is 9.59 Å². The normalized spacial score (nSPS) is 12.0. The molecule has 0 aliphatic rings. The highest BCUT2D eigenvalue weighted by Gasteiger charge is 2.14. The number of aromatic nitrogens is 2. The zero-order valence-electron chi connectivity index (χ0n) is 17.1. The summed E-state index contributed by atoms with van der Waals surface area (Å²) in [6, 6.07) is 11.9. The van der Waals surface area contributed by atoms with Crippen molar-refractivity contribution in [1.82, 2.24) is 15.3 Å². The number of fused-ring (bicyclic) bond motifs is 1. The second-order valence-corrected chi connectivity index (χ2v) is 8.52. The van der Waals surface area contributed by atoms with Gasteiger partial charge in [0.15, 0.2) is 0 Å². The van der Waals surface area contributed by atoms with Crippen LogP contribution in [0.1, 0.15) is 34.7 Å². The van der Waals surface area contributed by atoms with E-state index in [1.165, 1.54) is 11.8 Å². The van der Waals surface area contributed by atoms with Crippen LogP contribution in [0.3, 0.4) is 0 Å². The maximum absolute atomic E-state index is 12.2. The number of nitrogens with zero attached hydrogens (tertiary/aromatic N) is 1. The Morgan fingerprint density at radius 2 is 1.79 bits per heavy atom. The number of hydrogen-bond acceptors (Lipinski definition) is 4. The second kappa shape index (κ2) is 9.13. The van der Waals surface area contributed by atoms with Gasteiger partial charge >= 0.3 is 0 Å². The smallest absolute Gasteiger partial charge is 0.243 e. The van der Waals surface area contributed by atoms with Gasteiger partial charge in [0.05, 0.1) is 28.6 Å². The van der Waals surface area contributed by atoms with E-state index in [1.807, 2.05) is 64.1 Å². The summed E-state index contributed by atoms with van der Waals surface area (Å²) in [6.07, 6.45) is 0. The van der Waals surface area contributed by atoms with E-state index in [2.05, 4.69) is 20.6 Å². The average Bonchev–Trinajstić information content (AvgIpc) is 3.11. The second-order valence-electron chi connectivity index (χ2n) is 7.19. The van der Waals surface area contributed by atoms with Gasteiger partial charge in [0.2, 0.25) is 11.8 Å². The van der Waals surface area contributed by atoms with Crippen molar-refractivity contribution in [2.75, 3.05) is 17.6 Å². The van der Waals surface area contributed by atoms with Crippen molar-refractivity contribution in [2.45, 2.75) is 32.9 Å². The lowest BCUT2D eigenvalue weighted by Crippen LogP contribution is -2.34. The van der Waals surface area contributed by atoms with Gasteiger partial charge in [0.25, 0.3) is 0 Å². The predicted octanol–water partition coefficient (Wildman–Crippen LogP) is 4.04. The summed E-state index contributed by atoms with van der Waals surface area (Å²) in [5, 5.41) is 5.62. The van der Waals surface area contributed by atoms with E-state index in [1.54, 1.807) is 0 Å². The maximum atomic E-state index is 12.2. The number of aromatic amines is 1. The van der Waals surface area contributed by atoms with Crippen molar-refractivity contribution >= 4 is 40.3 Å². The van der Waals surface area contributed by atoms with Gasteiger partial charge in [-0.25, -0.2) is 4.98 Å². The van der Waals surface area contributed by atoms with E-state index >= 15 is 0 Å². The highest BCUT2D eigenvalue weighted by Crippen LogP contribution is 2.27. The number of H-pyrrole nitrogens is 1. The number of thioether (sulfide) groups is 1. The first-order valence-corrected chi connectivity index (χ1v) is 10.6. The fourth-order valence-electron chi connectivity index (χ4n) is 3.24. The summed E-state index contributed by atoms with van der Waals surface area (Å²) in [5.74, 6) is 0.690. The van der Waals surface area contributed by atoms with Gasteiger partial charge in [-0.15, -0.1) is 11.8 Å². The van der Waals surface area contributed by atoms with Crippen LogP contribution in [0.25, 0.3) is 11.0 Å². The molecule has 0 fully saturated rings. The third kappa shape index (κ3) is 5.38. The van der Waals surface area contributed by atoms with Gasteiger partial charge in [-0.2, -0.15) is 0 Å². The van der Waals surface area contributed by atoms with Gasteiger partial charge in [0, 0.05) is 5.69 Å². The lowest BCUT2D eigenvalue weighted by atomic mass is 10.1. The molecule has 152 valence electrons. The highest BCUT2D eigenvalue weighted by atomic mass is 32.2. The van der Waals surface area contributed by atoms with Crippen molar-refractivity contribution in [3.63, 3.8) is 0 Å². The zero-order valence-corrected chi connectivity index (χ0v) is 17.9. The fourth-order valence-corrected chi connectivity index (χ4v) is 4.01. The Kier molecular flexibility index (Phi) is 6.59. The van der Waals surface area contributed by atoms with Crippen LogP contribution in [-0.4, -0.2) is 34.1 Å². The number of imidazole rings is 1. The first-order valence-electron chi connectivity index (χ1n) is 9.54. The summed E-state index contributed by atoms with van der Waals surface area (Å²) in [7, 11) is 0. The molecule has 0 saturated heterocycles. The molecule has 1 heterocycles. The van der Waals surface area contributed by atoms with Crippen LogP contribution in [0.5, 0.6) is 0 Å². The SMILES string of the molecule is Cc1cc(C)c(NC(=O)CNC(=O)CSC(C)c2nc3ccccc3[nH]2)c(C)c1. The first kappa shape index (κ1) is 20.9. The number of nitrogens with one attached hydrogen (secondary N) is 3. The number of benzene rings is 2. The molecular formula is C22H26N4O2S. The van der Waals surface area contributed by atoms with Crippen LogP contribution in [0.4, 0.5) is 5.69 Å². The van der Waals surface area contributed by atoms with Crippen molar-refractivity contribution in [1.29, 1.82) is 0 Å². The molecule has 0 radical (unpaired) electrons. The molecular weight excluding hydrogens is 384 g/mol. The summed E-state index contributed by atoms with van der Waals surface area (Å²) in [5.41, 5.74) is 5.88. The Balaban J connectivity index is 1.46. The molecule has 2 amide bonds. The Bertz CT molecular complexity index is 988. The van der Waals surface area contributed by atoms with E-state index in [9.17, 15) is 9.59 Å². The Hall–Kier alpha value is -2.80. The quantitative estimate of drug-likeness (QED) is 0.549. The number of para-hydroxylation sites is 2. The molecule has 7 heteroatoms. The van der Waals surface area contributed by atoms with E-state index in [0.717, 1.165) is 39.2 Å². The fraction of sp³-hybridized carbons (Fsp3) is 0.318. The molecule has 0 spiro atoms. The van der Waals surface area contributed by atoms with Crippen LogP contribution in [0, 0.1) is 20.8 Å². The molecule has 0 aliphatic heterocycles. The topological polar surface area (TPSA) is 86.9 Å². The van der Waals surface area contributed by atoms with Crippen molar-refractivity contribution in [3.8, 4) is 0 Å². The molecule has 6 nitrogen and oxygen atoms in total. The lowest BCUT2D eigenvalue weighted by molar-refractivity contribution is -0.122. The number of hydrogen-bond donors (Lipinski definition) is 3. The third-order valence-electron chi connectivity index (χ3n) is 4.64. The third-order valence-corrected chi connectivity index (χ3v) is 5.80. The number of rotatable bonds is 7. The van der Waals surface area contributed by atoms with Gasteiger partial charge in [-0.05, 0) is 51.0 Å². The standard InChI is InChI=1S/C22H26N4O2S/c1-13-9-14(2)21(15(3)10-13)26-19(27)11-23-20(28)12-29-16(4)22-24-17-7-5-6-8-18(17)25-22/h5-10,16H,11-12H2,1-4H3,(H,23,28)(H,24,25)(H,26,27). The first-order chi connectivity index (χ1) is 13.8. The molecule has 3 aromatic rings. The predicted molar refractivity (Wildman–Crippen MR) is 119 cm³/mol. The summed E-state index contributed by atoms with van der Waals surface area (Å²) < 4.78 is 0. The number of anilines is 1. The van der Waals surface area contributed by atoms with Crippen LogP contribution in [0.15, 0.2) is 36.4 Å². The molecule has 0 saturated carbocycles. The van der Waals surface area contributed by atoms with E-state index in [0.29, 0.717) is 0 Å². The minimum absolute atomic E-state index is 0.0415. The number of carbonyl (C=O) groups excluding carboxylic acids is 2. The lowest BCUT2D eigenvalue weighted by Gasteiger charge is -2.13. The van der Waals surface area contributed by atoms with Crippen molar-refractivity contribution in [2.24, 2.45) is 0 Å². The summed E-state index contributed by atoms with van der Waals surface area (Å²) >= 11 is 1.48. The number of amides is 2. The minimum Gasteiger partial charge on any atom is -0.346 e. The summed E-state index contributed by atoms with van der Waals surface area (Å²) in [4.78, 5) is 32.2. The van der Waals surface area contributed by atoms with Crippen LogP contribution in [0.2, 0.25) is 0 Å². The molecule has 1 atom stereocenters. The van der Waals surface area contributed by atoms with Gasteiger partial charge in [0.1, 0.15) is 5.82 Å². The number of aryl methyl sites for hydroxylation is 3. The van der Waals surface area contributed by atoms with Gasteiger partial charge in [-0.1, -0.05) is 29.8 Å². The van der Waals surface area contributed by atoms with E-state index in [-0.39, 0.29) is 29.4 Å². The zero-order chi connectivity index (χ0) is 21.0. The van der Waals surface area contributed by atoms with E-state index in [4.69, 9.17) is 0 Å². The molecule has 1 unspecified atom stereocenters. The summed E-state index contributed by atoms with van der Waals surface area (Å²) in [6.45, 7) is 7.90. The molecule has 3 rings (SSSR count). The Morgan fingerprint density at radius 3 is 2.48 bits per heavy atom. The molecule has 0 aliphatic carbocycles. The Morgan fingerprint density at radius 1 is 1.10 bits per heavy atom. The maximum Gasteiger partial charge on any atom is 0.243 e. The van der Waals surface area contributed by atoms with Gasteiger partial charge < -0.3 is 15.6 Å². The Labute approximate surface area is 174 Å². The molecule has 1 aromatic heterocycles. The van der Waals surface area contributed by atoms with Crippen molar-refractivity contribution in [3.05, 3.63) is 58.9 Å². The van der Waals surface area contributed by atoms with Crippen LogP contribution < -0.4 is 10.6 Å². The number of carbonyl (C=O) groups is 2. The van der Waals surface area contributed by atoms with E-state index < -0.39 is 0 Å². The molecule has 0 bridgehead atoms. The highest BCUT2D eigenvalue weighted by molar-refractivity contribution is 8.00. The molecule has 2 aromatic carbocycles. The monoisotopic (exact) mass is 410 g/mol. The largest absolute Gasteiger partial charge is 0.346 e. The van der Waals surface area contributed by atoms with Gasteiger partial charge in [-0.3, -0.25) is 9.59 Å². The molecule has 29 heavy (non-hydrogen) atoms. The molecule has 3 N–H and O–H groups in total. The van der Waals surface area contributed by atoms with Crippen LogP contribution in [-0.2, 0) is 9.59 Å². The average molecular weight is 411 g/mol. The minimum atomic E-state index is -0.233. The van der Waals surface area contributed by atoms with Crippen LogP contribution >= 0.6 is 11.8 Å².